The van der Waals surface area contributed by atoms with E-state index >= 15 is 0 Å². The number of nitrogens with zero attached hydrogens (tertiary/aromatic N) is 1. The molecule has 20 heavy (non-hydrogen) atoms. The van der Waals surface area contributed by atoms with Gasteiger partial charge in [0, 0.05) is 11.6 Å². The van der Waals surface area contributed by atoms with Gasteiger partial charge in [0.05, 0.1) is 24.4 Å². The van der Waals surface area contributed by atoms with Crippen molar-refractivity contribution in [1.82, 2.24) is 5.43 Å². The van der Waals surface area contributed by atoms with Gasteiger partial charge < -0.3 is 10.1 Å². The molecule has 1 rings (SSSR count). The fourth-order valence-electron chi connectivity index (χ4n) is 1.36. The second-order valence-corrected chi connectivity index (χ2v) is 4.60. The van der Waals surface area contributed by atoms with Crippen LogP contribution in [0, 0.1) is 0 Å². The van der Waals surface area contributed by atoms with Crippen LogP contribution in [0.15, 0.2) is 27.7 Å². The van der Waals surface area contributed by atoms with Gasteiger partial charge in [-0.05, 0) is 18.2 Å². The van der Waals surface area contributed by atoms with Crippen molar-refractivity contribution in [3.05, 3.63) is 28.2 Å². The van der Waals surface area contributed by atoms with Crippen LogP contribution in [0.3, 0.4) is 0 Å². The zero-order valence-electron chi connectivity index (χ0n) is 10.6. The number of hydrogen-bond acceptors (Lipinski definition) is 3. The van der Waals surface area contributed by atoms with E-state index in [1.807, 2.05) is 0 Å². The molecule has 0 aromatic heterocycles. The Morgan fingerprint density at radius 3 is 2.70 bits per heavy atom. The summed E-state index contributed by atoms with van der Waals surface area (Å²) in [5, 5.41) is 2.51. The summed E-state index contributed by atoms with van der Waals surface area (Å²) in [6, 6.07) is 3.75. The Labute approximate surface area is 122 Å². The number of methoxy groups -OCH3 is 1. The van der Waals surface area contributed by atoms with E-state index in [9.17, 15) is 13.2 Å². The molecule has 0 amide bonds. The van der Waals surface area contributed by atoms with Crippen LogP contribution in [-0.4, -0.2) is 26.2 Å². The van der Waals surface area contributed by atoms with Gasteiger partial charge >= 0.3 is 6.18 Å². The SMILES string of the molecule is COCCN=C(NN)Nc1ccc(Br)cc1C(F)(F)F. The molecule has 0 radical (unpaired) electrons. The van der Waals surface area contributed by atoms with Crippen LogP contribution in [0.2, 0.25) is 0 Å². The maximum absolute atomic E-state index is 12.9. The minimum Gasteiger partial charge on any atom is -0.383 e. The molecule has 1 aromatic carbocycles. The van der Waals surface area contributed by atoms with Crippen molar-refractivity contribution in [2.24, 2.45) is 10.8 Å². The van der Waals surface area contributed by atoms with Gasteiger partial charge in [-0.3, -0.25) is 5.43 Å². The van der Waals surface area contributed by atoms with E-state index in [0.717, 1.165) is 6.07 Å². The summed E-state index contributed by atoms with van der Waals surface area (Å²) in [5.74, 6) is 5.24. The molecule has 0 unspecified atom stereocenters. The average molecular weight is 355 g/mol. The largest absolute Gasteiger partial charge is 0.418 e. The van der Waals surface area contributed by atoms with Gasteiger partial charge in [0.1, 0.15) is 0 Å². The van der Waals surface area contributed by atoms with E-state index in [2.05, 4.69) is 31.7 Å². The van der Waals surface area contributed by atoms with Crippen molar-refractivity contribution in [2.45, 2.75) is 6.18 Å². The lowest BCUT2D eigenvalue weighted by Gasteiger charge is -2.16. The molecule has 0 fully saturated rings. The van der Waals surface area contributed by atoms with Gasteiger partial charge in [-0.15, -0.1) is 0 Å². The average Bonchev–Trinajstić information content (AvgIpc) is 2.38. The predicted molar refractivity (Wildman–Crippen MR) is 74.3 cm³/mol. The van der Waals surface area contributed by atoms with Crippen molar-refractivity contribution in [2.75, 3.05) is 25.6 Å². The van der Waals surface area contributed by atoms with Crippen molar-refractivity contribution >= 4 is 27.6 Å². The predicted octanol–water partition coefficient (Wildman–Crippen LogP) is 2.35. The summed E-state index contributed by atoms with van der Waals surface area (Å²) in [7, 11) is 1.50. The topological polar surface area (TPSA) is 71.7 Å². The van der Waals surface area contributed by atoms with Crippen LogP contribution in [0.25, 0.3) is 0 Å². The maximum Gasteiger partial charge on any atom is 0.418 e. The first-order valence-corrected chi connectivity index (χ1v) is 6.31. The molecule has 0 bridgehead atoms. The van der Waals surface area contributed by atoms with E-state index in [-0.39, 0.29) is 18.2 Å². The lowest BCUT2D eigenvalue weighted by molar-refractivity contribution is -0.136. The number of rotatable bonds is 4. The zero-order valence-corrected chi connectivity index (χ0v) is 12.2. The first-order valence-electron chi connectivity index (χ1n) is 5.52. The Hall–Kier alpha value is -1.32. The number of aliphatic imine (C=N–C) groups is 1. The number of hydrazine groups is 1. The Balaban J connectivity index is 2.98. The minimum atomic E-state index is -4.49. The van der Waals surface area contributed by atoms with Gasteiger partial charge in [0.2, 0.25) is 5.96 Å². The molecule has 112 valence electrons. The van der Waals surface area contributed by atoms with Crippen LogP contribution in [-0.2, 0) is 10.9 Å². The minimum absolute atomic E-state index is 0.0230. The number of ether oxygens (including phenoxy) is 1. The highest BCUT2D eigenvalue weighted by Crippen LogP contribution is 2.36. The number of halogens is 4. The van der Waals surface area contributed by atoms with Crippen molar-refractivity contribution in [3.8, 4) is 0 Å². The third-order valence-corrected chi connectivity index (χ3v) is 2.74. The summed E-state index contributed by atoms with van der Waals surface area (Å²) >= 11 is 3.01. The fraction of sp³-hybridized carbons (Fsp3) is 0.364. The molecule has 0 saturated heterocycles. The highest BCUT2D eigenvalue weighted by Gasteiger charge is 2.34. The lowest BCUT2D eigenvalue weighted by atomic mass is 10.1. The molecular formula is C11H14BrF3N4O. The van der Waals surface area contributed by atoms with Crippen LogP contribution < -0.4 is 16.6 Å². The summed E-state index contributed by atoms with van der Waals surface area (Å²) in [4.78, 5) is 3.94. The molecule has 1 aromatic rings. The molecule has 0 atom stereocenters. The Morgan fingerprint density at radius 1 is 1.45 bits per heavy atom. The molecule has 4 N–H and O–H groups in total. The monoisotopic (exact) mass is 354 g/mol. The second-order valence-electron chi connectivity index (χ2n) is 3.68. The molecule has 0 saturated carbocycles. The number of anilines is 1. The Kier molecular flexibility index (Phi) is 6.24. The molecule has 0 aliphatic carbocycles. The summed E-state index contributed by atoms with van der Waals surface area (Å²) in [5.41, 5.74) is 1.25. The van der Waals surface area contributed by atoms with Gasteiger partial charge in [-0.2, -0.15) is 13.2 Å². The fourth-order valence-corrected chi connectivity index (χ4v) is 1.72. The number of guanidine groups is 1. The number of nitrogens with one attached hydrogen (secondary N) is 2. The second kappa shape index (κ2) is 7.46. The summed E-state index contributed by atoms with van der Waals surface area (Å²) < 4.78 is 43.9. The van der Waals surface area contributed by atoms with E-state index < -0.39 is 11.7 Å². The van der Waals surface area contributed by atoms with Crippen LogP contribution in [0.4, 0.5) is 18.9 Å². The van der Waals surface area contributed by atoms with Gasteiger partial charge in [0.15, 0.2) is 0 Å². The third-order valence-electron chi connectivity index (χ3n) is 2.24. The standard InChI is InChI=1S/C11H14BrF3N4O/c1-20-5-4-17-10(19-16)18-9-3-2-7(12)6-8(9)11(13,14)15/h2-3,6H,4-5,16H2,1H3,(H2,17,18,19). The molecule has 0 spiro atoms. The van der Waals surface area contributed by atoms with Crippen molar-refractivity contribution in [1.29, 1.82) is 0 Å². The van der Waals surface area contributed by atoms with Gasteiger partial charge in [-0.25, -0.2) is 10.8 Å². The van der Waals surface area contributed by atoms with E-state index in [4.69, 9.17) is 10.6 Å². The van der Waals surface area contributed by atoms with Crippen LogP contribution >= 0.6 is 15.9 Å². The summed E-state index contributed by atoms with van der Waals surface area (Å²) in [6.07, 6.45) is -4.49. The maximum atomic E-state index is 12.9. The van der Waals surface area contributed by atoms with Gasteiger partial charge in [0.25, 0.3) is 0 Å². The number of alkyl halides is 3. The van der Waals surface area contributed by atoms with E-state index in [1.54, 1.807) is 0 Å². The van der Waals surface area contributed by atoms with Crippen LogP contribution in [0.5, 0.6) is 0 Å². The van der Waals surface area contributed by atoms with E-state index in [1.165, 1.54) is 19.2 Å². The molecule has 0 aliphatic rings. The number of nitrogens with two attached hydrogens (primary N) is 1. The first kappa shape index (κ1) is 16.7. The summed E-state index contributed by atoms with van der Waals surface area (Å²) in [6.45, 7) is 0.597. The molecule has 0 aliphatic heterocycles. The van der Waals surface area contributed by atoms with Crippen LogP contribution in [0.1, 0.15) is 5.56 Å². The van der Waals surface area contributed by atoms with E-state index in [0.29, 0.717) is 11.1 Å². The molecule has 5 nitrogen and oxygen atoms in total. The van der Waals surface area contributed by atoms with Crippen molar-refractivity contribution in [3.63, 3.8) is 0 Å². The zero-order chi connectivity index (χ0) is 15.2. The Morgan fingerprint density at radius 2 is 2.15 bits per heavy atom. The smallest absolute Gasteiger partial charge is 0.383 e. The molecule has 0 heterocycles. The molecular weight excluding hydrogens is 341 g/mol. The number of benzene rings is 1. The Bertz CT molecular complexity index is 479. The lowest BCUT2D eigenvalue weighted by Crippen LogP contribution is -2.37. The van der Waals surface area contributed by atoms with Crippen molar-refractivity contribution < 1.29 is 17.9 Å². The third kappa shape index (κ3) is 4.99. The highest BCUT2D eigenvalue weighted by molar-refractivity contribution is 9.10. The quantitative estimate of drug-likeness (QED) is 0.255. The van der Waals surface area contributed by atoms with Gasteiger partial charge in [-0.1, -0.05) is 15.9 Å². The molecule has 9 heteroatoms. The first-order chi connectivity index (χ1) is 9.38. The normalized spacial score (nSPS) is 12.4. The number of hydrogen-bond donors (Lipinski definition) is 3. The highest BCUT2D eigenvalue weighted by atomic mass is 79.9.